The Bertz CT molecular complexity index is 410. The van der Waals surface area contributed by atoms with Crippen molar-refractivity contribution < 1.29 is 14.3 Å². The minimum atomic E-state index is 0.0359. The summed E-state index contributed by atoms with van der Waals surface area (Å²) in [6.45, 7) is 2.38. The highest BCUT2D eigenvalue weighted by molar-refractivity contribution is 5.84. The van der Waals surface area contributed by atoms with E-state index in [1.165, 1.54) is 25.7 Å². The fraction of sp³-hybridized carbons (Fsp3) is 0.889. The summed E-state index contributed by atoms with van der Waals surface area (Å²) in [5, 5.41) is 3.07. The molecular weight excluding hydrogens is 292 g/mol. The molecule has 0 aromatic heterocycles. The zero-order chi connectivity index (χ0) is 16.1. The summed E-state index contributed by atoms with van der Waals surface area (Å²) >= 11 is 0. The summed E-state index contributed by atoms with van der Waals surface area (Å²) in [6, 6.07) is 0.340. The molecule has 2 aliphatic carbocycles. The molecule has 3 rings (SSSR count). The van der Waals surface area contributed by atoms with Gasteiger partial charge in [0.25, 0.3) is 0 Å². The van der Waals surface area contributed by atoms with Crippen LogP contribution in [-0.4, -0.2) is 48.6 Å². The molecule has 3 aliphatic rings. The van der Waals surface area contributed by atoms with Gasteiger partial charge in [0.2, 0.25) is 11.8 Å². The molecule has 1 saturated heterocycles. The normalized spacial score (nSPS) is 24.8. The Morgan fingerprint density at radius 3 is 2.39 bits per heavy atom. The van der Waals surface area contributed by atoms with E-state index < -0.39 is 0 Å². The molecule has 1 N–H and O–H groups in total. The summed E-state index contributed by atoms with van der Waals surface area (Å²) in [5.41, 5.74) is 0. The van der Waals surface area contributed by atoms with E-state index in [0.29, 0.717) is 31.3 Å². The van der Waals surface area contributed by atoms with E-state index in [-0.39, 0.29) is 17.9 Å². The molecular formula is C18H30N2O3. The molecule has 23 heavy (non-hydrogen) atoms. The number of rotatable bonds is 8. The van der Waals surface area contributed by atoms with Gasteiger partial charge in [0.15, 0.2) is 0 Å². The summed E-state index contributed by atoms with van der Waals surface area (Å²) < 4.78 is 5.68. The Morgan fingerprint density at radius 1 is 0.957 bits per heavy atom. The maximum absolute atomic E-state index is 12.5. The third-order valence-corrected chi connectivity index (χ3v) is 5.26. The van der Waals surface area contributed by atoms with E-state index in [2.05, 4.69) is 5.32 Å². The molecule has 0 bridgehead atoms. The van der Waals surface area contributed by atoms with E-state index >= 15 is 0 Å². The van der Waals surface area contributed by atoms with Gasteiger partial charge >= 0.3 is 0 Å². The van der Waals surface area contributed by atoms with Gasteiger partial charge in [-0.3, -0.25) is 9.59 Å². The van der Waals surface area contributed by atoms with Crippen molar-refractivity contribution in [3.8, 4) is 0 Å². The summed E-state index contributed by atoms with van der Waals surface area (Å²) in [6.07, 6.45) is 10.1. The summed E-state index contributed by atoms with van der Waals surface area (Å²) in [7, 11) is 0. The Balaban J connectivity index is 1.41. The Hall–Kier alpha value is -1.10. The standard InChI is InChI=1S/C18H30N2O3/c21-17(19-15-4-1-2-5-15)9-10-18(22)20(12-14-7-8-14)13-16-6-3-11-23-16/h14-16H,1-13H2,(H,19,21)/t16-/m1/s1. The van der Waals surface area contributed by atoms with Crippen LogP contribution in [0.25, 0.3) is 0 Å². The molecule has 0 aromatic rings. The van der Waals surface area contributed by atoms with Crippen LogP contribution in [0, 0.1) is 5.92 Å². The molecule has 1 atom stereocenters. The van der Waals surface area contributed by atoms with E-state index in [1.54, 1.807) is 0 Å². The number of carbonyl (C=O) groups excluding carboxylic acids is 2. The van der Waals surface area contributed by atoms with Gasteiger partial charge in [-0.25, -0.2) is 0 Å². The van der Waals surface area contributed by atoms with Crippen molar-refractivity contribution >= 4 is 11.8 Å². The van der Waals surface area contributed by atoms with Crippen LogP contribution in [0.5, 0.6) is 0 Å². The number of nitrogens with zero attached hydrogens (tertiary/aromatic N) is 1. The molecule has 0 spiro atoms. The van der Waals surface area contributed by atoms with Crippen molar-refractivity contribution in [3.05, 3.63) is 0 Å². The molecule has 0 aromatic carbocycles. The smallest absolute Gasteiger partial charge is 0.223 e. The first-order valence-corrected chi connectivity index (χ1v) is 9.39. The Kier molecular flexibility index (Phi) is 5.92. The van der Waals surface area contributed by atoms with Crippen molar-refractivity contribution in [2.24, 2.45) is 5.92 Å². The minimum Gasteiger partial charge on any atom is -0.376 e. The zero-order valence-electron chi connectivity index (χ0n) is 14.1. The summed E-state index contributed by atoms with van der Waals surface area (Å²) in [5.74, 6) is 0.829. The van der Waals surface area contributed by atoms with Gasteiger partial charge in [0.05, 0.1) is 6.10 Å². The lowest BCUT2D eigenvalue weighted by Gasteiger charge is -2.25. The maximum atomic E-state index is 12.5. The summed E-state index contributed by atoms with van der Waals surface area (Å²) in [4.78, 5) is 26.5. The number of carbonyl (C=O) groups is 2. The first-order valence-electron chi connectivity index (χ1n) is 9.39. The number of hydrogen-bond donors (Lipinski definition) is 1. The topological polar surface area (TPSA) is 58.6 Å². The molecule has 0 radical (unpaired) electrons. The second-order valence-corrected chi connectivity index (χ2v) is 7.43. The quantitative estimate of drug-likeness (QED) is 0.745. The van der Waals surface area contributed by atoms with E-state index in [9.17, 15) is 9.59 Å². The van der Waals surface area contributed by atoms with Crippen LogP contribution in [0.2, 0.25) is 0 Å². The lowest BCUT2D eigenvalue weighted by atomic mass is 10.2. The highest BCUT2D eigenvalue weighted by Gasteiger charge is 2.29. The second-order valence-electron chi connectivity index (χ2n) is 7.43. The van der Waals surface area contributed by atoms with Crippen molar-refractivity contribution in [2.75, 3.05) is 19.7 Å². The van der Waals surface area contributed by atoms with Crippen molar-refractivity contribution in [3.63, 3.8) is 0 Å². The van der Waals surface area contributed by atoms with Gasteiger partial charge in [-0.15, -0.1) is 0 Å². The van der Waals surface area contributed by atoms with Gasteiger partial charge in [-0.2, -0.15) is 0 Å². The van der Waals surface area contributed by atoms with Crippen LogP contribution in [0.15, 0.2) is 0 Å². The van der Waals surface area contributed by atoms with Gasteiger partial charge in [-0.1, -0.05) is 12.8 Å². The first kappa shape index (κ1) is 16.7. The van der Waals surface area contributed by atoms with Crippen LogP contribution >= 0.6 is 0 Å². The van der Waals surface area contributed by atoms with Crippen molar-refractivity contribution in [1.29, 1.82) is 0 Å². The molecule has 1 aliphatic heterocycles. The SMILES string of the molecule is O=C(CCC(=O)N(CC1CC1)C[C@H]1CCCO1)NC1CCCC1. The maximum Gasteiger partial charge on any atom is 0.223 e. The van der Waals surface area contributed by atoms with Crippen LogP contribution in [-0.2, 0) is 14.3 Å². The number of hydrogen-bond acceptors (Lipinski definition) is 3. The monoisotopic (exact) mass is 322 g/mol. The lowest BCUT2D eigenvalue weighted by molar-refractivity contribution is -0.135. The van der Waals surface area contributed by atoms with Gasteiger partial charge in [-0.05, 0) is 44.4 Å². The average Bonchev–Trinajstić information content (AvgIpc) is 3.00. The fourth-order valence-corrected chi connectivity index (χ4v) is 3.67. The lowest BCUT2D eigenvalue weighted by Crippen LogP contribution is -2.39. The largest absolute Gasteiger partial charge is 0.376 e. The van der Waals surface area contributed by atoms with Crippen LogP contribution in [0.3, 0.4) is 0 Å². The molecule has 3 fully saturated rings. The molecule has 5 nitrogen and oxygen atoms in total. The third kappa shape index (κ3) is 5.48. The number of ether oxygens (including phenoxy) is 1. The highest BCUT2D eigenvalue weighted by Crippen LogP contribution is 2.30. The van der Waals surface area contributed by atoms with E-state index in [4.69, 9.17) is 4.74 Å². The van der Waals surface area contributed by atoms with Gasteiger partial charge < -0.3 is 15.0 Å². The minimum absolute atomic E-state index is 0.0359. The highest BCUT2D eigenvalue weighted by atomic mass is 16.5. The average molecular weight is 322 g/mol. The van der Waals surface area contributed by atoms with E-state index in [0.717, 1.165) is 38.8 Å². The van der Waals surface area contributed by atoms with E-state index in [1.807, 2.05) is 4.90 Å². The third-order valence-electron chi connectivity index (χ3n) is 5.26. The number of nitrogens with one attached hydrogen (secondary N) is 1. The fourth-order valence-electron chi connectivity index (χ4n) is 3.67. The predicted octanol–water partition coefficient (Wildman–Crippen LogP) is 2.24. The molecule has 5 heteroatoms. The Morgan fingerprint density at radius 2 is 1.74 bits per heavy atom. The second kappa shape index (κ2) is 8.13. The van der Waals surface area contributed by atoms with Crippen LogP contribution in [0.4, 0.5) is 0 Å². The van der Waals surface area contributed by atoms with Crippen molar-refractivity contribution in [1.82, 2.24) is 10.2 Å². The molecule has 2 saturated carbocycles. The van der Waals surface area contributed by atoms with Gasteiger partial charge in [0.1, 0.15) is 0 Å². The van der Waals surface area contributed by atoms with Crippen molar-refractivity contribution in [2.45, 2.75) is 76.4 Å². The zero-order valence-corrected chi connectivity index (χ0v) is 14.1. The van der Waals surface area contributed by atoms with Gasteiger partial charge in [0, 0.05) is 38.6 Å². The van der Waals surface area contributed by atoms with Crippen LogP contribution < -0.4 is 5.32 Å². The number of amides is 2. The predicted molar refractivity (Wildman–Crippen MR) is 87.9 cm³/mol. The molecule has 0 unspecified atom stereocenters. The first-order chi connectivity index (χ1) is 11.2. The molecule has 1 heterocycles. The Labute approximate surface area is 139 Å². The molecule has 2 amide bonds. The van der Waals surface area contributed by atoms with Crippen LogP contribution in [0.1, 0.15) is 64.2 Å². The molecule has 130 valence electrons.